The molecule has 1 aliphatic rings. The molecule has 0 amide bonds. The number of aldehydes is 1. The second kappa shape index (κ2) is 3.97. The molecule has 2 aromatic heterocycles. The molecule has 0 aromatic carbocycles. The molecule has 0 spiro atoms. The van der Waals surface area contributed by atoms with Gasteiger partial charge in [0, 0.05) is 37.9 Å². The number of fused-ring (bicyclic) bond motifs is 1. The third-order valence-electron chi connectivity index (χ3n) is 2.82. The molecule has 0 fully saturated rings. The summed E-state index contributed by atoms with van der Waals surface area (Å²) in [7, 11) is 0. The number of hydrogen-bond acceptors (Lipinski definition) is 5. The van der Waals surface area contributed by atoms with Crippen molar-refractivity contribution in [1.82, 2.24) is 19.5 Å². The second-order valence-electron chi connectivity index (χ2n) is 3.89. The molecule has 0 radical (unpaired) electrons. The van der Waals surface area contributed by atoms with Gasteiger partial charge in [0.05, 0.1) is 12.1 Å². The van der Waals surface area contributed by atoms with E-state index in [0.29, 0.717) is 18.1 Å². The minimum Gasteiger partial charge on any atom is -0.332 e. The van der Waals surface area contributed by atoms with Crippen LogP contribution in [0.2, 0.25) is 0 Å². The van der Waals surface area contributed by atoms with Crippen LogP contribution in [0, 0.1) is 0 Å². The van der Waals surface area contributed by atoms with Gasteiger partial charge in [-0.1, -0.05) is 0 Å². The number of nitrogens with zero attached hydrogens (tertiary/aromatic N) is 5. The van der Waals surface area contributed by atoms with Gasteiger partial charge >= 0.3 is 0 Å². The molecule has 3 heterocycles. The van der Waals surface area contributed by atoms with Crippen molar-refractivity contribution in [1.29, 1.82) is 0 Å². The first kappa shape index (κ1) is 9.95. The molecule has 3 rings (SSSR count). The van der Waals surface area contributed by atoms with Crippen LogP contribution in [0.25, 0.3) is 0 Å². The Bertz CT molecular complexity index is 533. The molecule has 6 nitrogen and oxygen atoms in total. The Hall–Kier alpha value is -2.24. The van der Waals surface area contributed by atoms with Crippen molar-refractivity contribution in [3.05, 3.63) is 36.2 Å². The Morgan fingerprint density at radius 3 is 2.76 bits per heavy atom. The predicted octanol–water partition coefficient (Wildman–Crippen LogP) is 0.506. The van der Waals surface area contributed by atoms with E-state index in [1.807, 2.05) is 6.20 Å². The summed E-state index contributed by atoms with van der Waals surface area (Å²) in [5, 5.41) is 0. The molecule has 86 valence electrons. The quantitative estimate of drug-likeness (QED) is 0.702. The Morgan fingerprint density at radius 1 is 1.18 bits per heavy atom. The minimum atomic E-state index is 0.493. The summed E-state index contributed by atoms with van der Waals surface area (Å²) < 4.78 is 2.12. The number of anilines is 1. The van der Waals surface area contributed by atoms with Crippen LogP contribution >= 0.6 is 0 Å². The zero-order valence-corrected chi connectivity index (χ0v) is 9.15. The molecule has 1 aliphatic heterocycles. The highest BCUT2D eigenvalue weighted by Gasteiger charge is 2.18. The Balaban J connectivity index is 1.84. The standard InChI is InChI=1S/C11H11N5O/c17-8-9-5-13-11(14-6-9)16-4-3-15-2-1-12-10(15)7-16/h1-2,5-6,8H,3-4,7H2. The highest BCUT2D eigenvalue weighted by Crippen LogP contribution is 2.15. The predicted molar refractivity (Wildman–Crippen MR) is 60.7 cm³/mol. The smallest absolute Gasteiger partial charge is 0.225 e. The van der Waals surface area contributed by atoms with Crippen LogP contribution in [0.5, 0.6) is 0 Å². The van der Waals surface area contributed by atoms with Crippen molar-refractivity contribution in [3.8, 4) is 0 Å². The number of rotatable bonds is 2. The van der Waals surface area contributed by atoms with E-state index in [9.17, 15) is 4.79 Å². The molecule has 0 N–H and O–H groups in total. The second-order valence-corrected chi connectivity index (χ2v) is 3.89. The van der Waals surface area contributed by atoms with Gasteiger partial charge in [0.1, 0.15) is 5.82 Å². The molecule has 17 heavy (non-hydrogen) atoms. The molecular formula is C11H11N5O. The molecule has 0 saturated carbocycles. The van der Waals surface area contributed by atoms with E-state index < -0.39 is 0 Å². The minimum absolute atomic E-state index is 0.493. The van der Waals surface area contributed by atoms with Gasteiger partial charge in [-0.25, -0.2) is 15.0 Å². The van der Waals surface area contributed by atoms with Crippen molar-refractivity contribution >= 4 is 12.2 Å². The van der Waals surface area contributed by atoms with Gasteiger partial charge in [-0.2, -0.15) is 0 Å². The lowest BCUT2D eigenvalue weighted by molar-refractivity contribution is 0.112. The Kier molecular flexibility index (Phi) is 2.32. The molecule has 6 heteroatoms. The van der Waals surface area contributed by atoms with E-state index in [4.69, 9.17) is 0 Å². The van der Waals surface area contributed by atoms with E-state index in [1.165, 1.54) is 12.4 Å². The Labute approximate surface area is 97.9 Å². The summed E-state index contributed by atoms with van der Waals surface area (Å²) in [6.07, 6.45) is 7.59. The van der Waals surface area contributed by atoms with Crippen molar-refractivity contribution in [2.24, 2.45) is 0 Å². The van der Waals surface area contributed by atoms with Crippen LogP contribution in [-0.2, 0) is 13.1 Å². The summed E-state index contributed by atoms with van der Waals surface area (Å²) in [5.74, 6) is 1.66. The zero-order chi connectivity index (χ0) is 11.7. The number of imidazole rings is 1. The summed E-state index contributed by atoms with van der Waals surface area (Å²) in [5.41, 5.74) is 0.493. The summed E-state index contributed by atoms with van der Waals surface area (Å²) in [6.45, 7) is 2.44. The molecule has 0 saturated heterocycles. The first-order valence-corrected chi connectivity index (χ1v) is 5.39. The van der Waals surface area contributed by atoms with E-state index in [2.05, 4.69) is 24.4 Å². The monoisotopic (exact) mass is 229 g/mol. The van der Waals surface area contributed by atoms with Gasteiger partial charge in [0.2, 0.25) is 5.95 Å². The average Bonchev–Trinajstić information content (AvgIpc) is 2.86. The van der Waals surface area contributed by atoms with Crippen LogP contribution in [0.15, 0.2) is 24.8 Å². The fraction of sp³-hybridized carbons (Fsp3) is 0.273. The van der Waals surface area contributed by atoms with Crippen molar-refractivity contribution in [2.45, 2.75) is 13.1 Å². The third kappa shape index (κ3) is 1.77. The summed E-state index contributed by atoms with van der Waals surface area (Å²) >= 11 is 0. The molecule has 0 aliphatic carbocycles. The number of aromatic nitrogens is 4. The third-order valence-corrected chi connectivity index (χ3v) is 2.82. The lowest BCUT2D eigenvalue weighted by Crippen LogP contribution is -2.34. The normalized spacial score (nSPS) is 14.5. The fourth-order valence-corrected chi connectivity index (χ4v) is 1.90. The lowest BCUT2D eigenvalue weighted by atomic mass is 10.3. The molecule has 0 atom stereocenters. The largest absolute Gasteiger partial charge is 0.332 e. The maximum absolute atomic E-state index is 10.5. The van der Waals surface area contributed by atoms with Gasteiger partial charge in [-0.3, -0.25) is 4.79 Å². The average molecular weight is 229 g/mol. The van der Waals surface area contributed by atoms with Crippen LogP contribution in [0.3, 0.4) is 0 Å². The van der Waals surface area contributed by atoms with Crippen molar-refractivity contribution in [3.63, 3.8) is 0 Å². The number of hydrogen-bond donors (Lipinski definition) is 0. The van der Waals surface area contributed by atoms with E-state index >= 15 is 0 Å². The van der Waals surface area contributed by atoms with Crippen molar-refractivity contribution in [2.75, 3.05) is 11.4 Å². The molecule has 2 aromatic rings. The maximum Gasteiger partial charge on any atom is 0.225 e. The van der Waals surface area contributed by atoms with Gasteiger partial charge in [-0.05, 0) is 0 Å². The fourth-order valence-electron chi connectivity index (χ4n) is 1.90. The van der Waals surface area contributed by atoms with Gasteiger partial charge in [0.15, 0.2) is 6.29 Å². The number of carbonyl (C=O) groups excluding carboxylic acids is 1. The molecular weight excluding hydrogens is 218 g/mol. The summed E-state index contributed by atoms with van der Waals surface area (Å²) in [4.78, 5) is 25.2. The SMILES string of the molecule is O=Cc1cnc(N2CCn3ccnc3C2)nc1. The first-order chi connectivity index (χ1) is 8.36. The van der Waals surface area contributed by atoms with Crippen LogP contribution < -0.4 is 4.90 Å². The van der Waals surface area contributed by atoms with Crippen LogP contribution in [0.4, 0.5) is 5.95 Å². The van der Waals surface area contributed by atoms with E-state index in [1.54, 1.807) is 6.20 Å². The van der Waals surface area contributed by atoms with E-state index in [-0.39, 0.29) is 0 Å². The topological polar surface area (TPSA) is 63.9 Å². The van der Waals surface area contributed by atoms with Crippen LogP contribution in [0.1, 0.15) is 16.2 Å². The Morgan fingerprint density at radius 2 is 2.00 bits per heavy atom. The molecule has 0 bridgehead atoms. The van der Waals surface area contributed by atoms with Gasteiger partial charge < -0.3 is 9.47 Å². The molecule has 0 unspecified atom stereocenters. The van der Waals surface area contributed by atoms with Crippen molar-refractivity contribution < 1.29 is 4.79 Å². The lowest BCUT2D eigenvalue weighted by Gasteiger charge is -2.27. The number of carbonyl (C=O) groups is 1. The summed E-state index contributed by atoms with van der Waals surface area (Å²) in [6, 6.07) is 0. The zero-order valence-electron chi connectivity index (χ0n) is 9.15. The highest BCUT2D eigenvalue weighted by atomic mass is 16.1. The van der Waals surface area contributed by atoms with Gasteiger partial charge in [-0.15, -0.1) is 0 Å². The highest BCUT2D eigenvalue weighted by molar-refractivity contribution is 5.73. The van der Waals surface area contributed by atoms with E-state index in [0.717, 1.165) is 25.2 Å². The van der Waals surface area contributed by atoms with Crippen LogP contribution in [-0.4, -0.2) is 32.3 Å². The maximum atomic E-state index is 10.5. The van der Waals surface area contributed by atoms with Gasteiger partial charge in [0.25, 0.3) is 0 Å². The first-order valence-electron chi connectivity index (χ1n) is 5.39.